The van der Waals surface area contributed by atoms with Crippen molar-refractivity contribution < 1.29 is 0 Å². The molecule has 18 heavy (non-hydrogen) atoms. The Morgan fingerprint density at radius 3 is 2.83 bits per heavy atom. The number of hydrogen-bond donors (Lipinski definition) is 1. The first-order valence-corrected chi connectivity index (χ1v) is 6.61. The van der Waals surface area contributed by atoms with Gasteiger partial charge in [0, 0.05) is 35.5 Å². The lowest BCUT2D eigenvalue weighted by Crippen LogP contribution is -2.21. The van der Waals surface area contributed by atoms with Crippen molar-refractivity contribution in [3.05, 3.63) is 63.0 Å². The highest BCUT2D eigenvalue weighted by Crippen LogP contribution is 2.18. The van der Waals surface area contributed by atoms with E-state index in [1.807, 2.05) is 12.1 Å². The first kappa shape index (κ1) is 12.9. The molecule has 0 atom stereocenters. The third-order valence-electron chi connectivity index (χ3n) is 2.62. The number of nitrogens with zero attached hydrogens (tertiary/aromatic N) is 1. The zero-order valence-electron chi connectivity index (χ0n) is 10.2. The van der Waals surface area contributed by atoms with E-state index in [1.165, 1.54) is 5.56 Å². The van der Waals surface area contributed by atoms with Crippen LogP contribution < -0.4 is 10.9 Å². The van der Waals surface area contributed by atoms with Crippen LogP contribution in [0.25, 0.3) is 0 Å². The molecule has 4 heteroatoms. The van der Waals surface area contributed by atoms with Gasteiger partial charge in [0.1, 0.15) is 0 Å². The summed E-state index contributed by atoms with van der Waals surface area (Å²) in [6.45, 7) is 3.43. The maximum Gasteiger partial charge on any atom is 0.250 e. The van der Waals surface area contributed by atoms with Gasteiger partial charge in [-0.3, -0.25) is 4.79 Å². The Hall–Kier alpha value is -1.55. The molecule has 0 saturated carbocycles. The van der Waals surface area contributed by atoms with E-state index in [0.717, 1.165) is 16.7 Å². The fourth-order valence-corrected chi connectivity index (χ4v) is 2.41. The zero-order chi connectivity index (χ0) is 13.0. The van der Waals surface area contributed by atoms with Crippen molar-refractivity contribution in [1.82, 2.24) is 4.57 Å². The van der Waals surface area contributed by atoms with Crippen molar-refractivity contribution in [1.29, 1.82) is 0 Å². The Kier molecular flexibility index (Phi) is 4.20. The molecule has 3 nitrogen and oxygen atoms in total. The largest absolute Gasteiger partial charge is 0.383 e. The van der Waals surface area contributed by atoms with Crippen LogP contribution in [0, 0.1) is 6.92 Å². The number of benzene rings is 1. The van der Waals surface area contributed by atoms with Crippen LogP contribution in [0.15, 0.2) is 51.9 Å². The van der Waals surface area contributed by atoms with Crippen molar-refractivity contribution >= 4 is 21.6 Å². The van der Waals surface area contributed by atoms with Crippen molar-refractivity contribution in [2.45, 2.75) is 13.5 Å². The summed E-state index contributed by atoms with van der Waals surface area (Å²) in [5, 5.41) is 3.31. The van der Waals surface area contributed by atoms with Gasteiger partial charge < -0.3 is 9.88 Å². The van der Waals surface area contributed by atoms with Gasteiger partial charge in [-0.2, -0.15) is 0 Å². The molecule has 1 N–H and O–H groups in total. The summed E-state index contributed by atoms with van der Waals surface area (Å²) in [5.74, 6) is 0. The number of anilines is 1. The molecular weight excluding hydrogens is 292 g/mol. The minimum atomic E-state index is 0.0322. The Morgan fingerprint density at radius 1 is 1.28 bits per heavy atom. The standard InChI is InChI=1S/C14H15BrN2O/c1-11-8-12(15)10-13(9-11)16-5-7-17-6-3-2-4-14(17)18/h2-4,6,8-10,16H,5,7H2,1H3. The van der Waals surface area contributed by atoms with Gasteiger partial charge in [-0.25, -0.2) is 0 Å². The minimum absolute atomic E-state index is 0.0322. The molecule has 0 aliphatic rings. The molecular formula is C14H15BrN2O. The maximum absolute atomic E-state index is 11.5. The van der Waals surface area contributed by atoms with Crippen LogP contribution in [0.5, 0.6) is 0 Å². The molecule has 0 spiro atoms. The van der Waals surface area contributed by atoms with Crippen molar-refractivity contribution in [3.63, 3.8) is 0 Å². The molecule has 1 aromatic heterocycles. The highest BCUT2D eigenvalue weighted by molar-refractivity contribution is 9.10. The topological polar surface area (TPSA) is 34.0 Å². The normalized spacial score (nSPS) is 10.3. The van der Waals surface area contributed by atoms with E-state index in [1.54, 1.807) is 22.9 Å². The summed E-state index contributed by atoms with van der Waals surface area (Å²) < 4.78 is 2.75. The second-order valence-electron chi connectivity index (χ2n) is 4.18. The fourth-order valence-electron chi connectivity index (χ4n) is 1.80. The minimum Gasteiger partial charge on any atom is -0.383 e. The smallest absolute Gasteiger partial charge is 0.250 e. The molecule has 0 aliphatic heterocycles. The number of nitrogens with one attached hydrogen (secondary N) is 1. The molecule has 0 unspecified atom stereocenters. The van der Waals surface area contributed by atoms with E-state index in [4.69, 9.17) is 0 Å². The van der Waals surface area contributed by atoms with Gasteiger partial charge in [-0.05, 0) is 36.8 Å². The Bertz CT molecular complexity index is 572. The molecule has 0 saturated heterocycles. The summed E-state index contributed by atoms with van der Waals surface area (Å²) in [6, 6.07) is 11.4. The molecule has 94 valence electrons. The van der Waals surface area contributed by atoms with Crippen molar-refractivity contribution in [3.8, 4) is 0 Å². The van der Waals surface area contributed by atoms with Crippen LogP contribution in [0.1, 0.15) is 5.56 Å². The second kappa shape index (κ2) is 5.87. The highest BCUT2D eigenvalue weighted by Gasteiger charge is 1.97. The summed E-state index contributed by atoms with van der Waals surface area (Å²) in [5.41, 5.74) is 2.29. The van der Waals surface area contributed by atoms with Crippen LogP contribution >= 0.6 is 15.9 Å². The van der Waals surface area contributed by atoms with E-state index < -0.39 is 0 Å². The highest BCUT2D eigenvalue weighted by atomic mass is 79.9. The van der Waals surface area contributed by atoms with E-state index >= 15 is 0 Å². The molecule has 0 amide bonds. The summed E-state index contributed by atoms with van der Waals surface area (Å²) in [6.07, 6.45) is 1.80. The van der Waals surface area contributed by atoms with Gasteiger partial charge in [-0.15, -0.1) is 0 Å². The molecule has 1 heterocycles. The molecule has 0 radical (unpaired) electrons. The SMILES string of the molecule is Cc1cc(Br)cc(NCCn2ccccc2=O)c1. The van der Waals surface area contributed by atoms with E-state index in [-0.39, 0.29) is 5.56 Å². The zero-order valence-corrected chi connectivity index (χ0v) is 11.8. The number of halogens is 1. The van der Waals surface area contributed by atoms with E-state index in [2.05, 4.69) is 40.3 Å². The Labute approximate surface area is 115 Å². The van der Waals surface area contributed by atoms with Gasteiger partial charge in [-0.1, -0.05) is 22.0 Å². The molecule has 0 fully saturated rings. The van der Waals surface area contributed by atoms with E-state index in [9.17, 15) is 4.79 Å². The molecule has 2 aromatic rings. The van der Waals surface area contributed by atoms with Crippen molar-refractivity contribution in [2.24, 2.45) is 0 Å². The predicted molar refractivity (Wildman–Crippen MR) is 78.1 cm³/mol. The first-order valence-electron chi connectivity index (χ1n) is 5.82. The van der Waals surface area contributed by atoms with Crippen LogP contribution in [0.2, 0.25) is 0 Å². The average Bonchev–Trinajstić information content (AvgIpc) is 2.30. The lowest BCUT2D eigenvalue weighted by molar-refractivity contribution is 0.697. The van der Waals surface area contributed by atoms with Gasteiger partial charge in [0.25, 0.3) is 5.56 Å². The fraction of sp³-hybridized carbons (Fsp3) is 0.214. The third-order valence-corrected chi connectivity index (χ3v) is 3.08. The second-order valence-corrected chi connectivity index (χ2v) is 5.09. The van der Waals surface area contributed by atoms with Crippen molar-refractivity contribution in [2.75, 3.05) is 11.9 Å². The summed E-state index contributed by atoms with van der Waals surface area (Å²) >= 11 is 3.47. The number of rotatable bonds is 4. The van der Waals surface area contributed by atoms with Crippen LogP contribution in [0.3, 0.4) is 0 Å². The molecule has 0 bridgehead atoms. The van der Waals surface area contributed by atoms with Gasteiger partial charge >= 0.3 is 0 Å². The molecule has 1 aromatic carbocycles. The number of aryl methyl sites for hydroxylation is 1. The van der Waals surface area contributed by atoms with Gasteiger partial charge in [0.05, 0.1) is 0 Å². The maximum atomic E-state index is 11.5. The Balaban J connectivity index is 1.96. The lowest BCUT2D eigenvalue weighted by atomic mass is 10.2. The van der Waals surface area contributed by atoms with Gasteiger partial charge in [0.2, 0.25) is 0 Å². The molecule has 2 rings (SSSR count). The summed E-state index contributed by atoms with van der Waals surface area (Å²) in [4.78, 5) is 11.5. The lowest BCUT2D eigenvalue weighted by Gasteiger charge is -2.09. The third kappa shape index (κ3) is 3.47. The average molecular weight is 307 g/mol. The predicted octanol–water partition coefficient (Wildman–Crippen LogP) is 3.03. The first-order chi connectivity index (χ1) is 8.65. The number of aromatic nitrogens is 1. The van der Waals surface area contributed by atoms with Crippen LogP contribution in [0.4, 0.5) is 5.69 Å². The number of hydrogen-bond acceptors (Lipinski definition) is 2. The van der Waals surface area contributed by atoms with Crippen LogP contribution in [-0.4, -0.2) is 11.1 Å². The van der Waals surface area contributed by atoms with E-state index in [0.29, 0.717) is 6.54 Å². The van der Waals surface area contributed by atoms with Crippen LogP contribution in [-0.2, 0) is 6.54 Å². The molecule has 0 aliphatic carbocycles. The van der Waals surface area contributed by atoms with Gasteiger partial charge in [0.15, 0.2) is 0 Å². The summed E-state index contributed by atoms with van der Waals surface area (Å²) in [7, 11) is 0. The number of pyridine rings is 1. The monoisotopic (exact) mass is 306 g/mol. The quantitative estimate of drug-likeness (QED) is 0.942. The Morgan fingerprint density at radius 2 is 2.11 bits per heavy atom.